The fourth-order valence-electron chi connectivity index (χ4n) is 3.11. The van der Waals surface area contributed by atoms with Crippen molar-refractivity contribution in [1.82, 2.24) is 0 Å². The molecule has 4 nitrogen and oxygen atoms in total. The van der Waals surface area contributed by atoms with Crippen molar-refractivity contribution in [2.24, 2.45) is 0 Å². The number of carbonyl (C=O) groups excluding carboxylic acids is 1. The van der Waals surface area contributed by atoms with Crippen molar-refractivity contribution in [2.45, 2.75) is 50.4 Å². The third-order valence-corrected chi connectivity index (χ3v) is 5.61. The minimum absolute atomic E-state index is 0.238. The maximum atomic E-state index is 15.0. The number of thioether (sulfide) groups is 1. The van der Waals surface area contributed by atoms with Gasteiger partial charge >= 0.3 is 5.97 Å². The molecule has 0 unspecified atom stereocenters. The quantitative estimate of drug-likeness (QED) is 0.630. The molecule has 2 aromatic rings. The summed E-state index contributed by atoms with van der Waals surface area (Å²) in [5, 5.41) is 0. The molecule has 0 N–H and O–H groups in total. The molecule has 0 saturated carbocycles. The van der Waals surface area contributed by atoms with E-state index in [0.717, 1.165) is 11.3 Å². The molecule has 0 amide bonds. The molecule has 0 aliphatic carbocycles. The van der Waals surface area contributed by atoms with E-state index in [4.69, 9.17) is 14.2 Å². The maximum Gasteiger partial charge on any atom is 0.338 e. The molecule has 1 aliphatic heterocycles. The fraction of sp³-hybridized carbons (Fsp3) is 0.409. The molecule has 0 radical (unpaired) electrons. The van der Waals surface area contributed by atoms with Crippen molar-refractivity contribution in [3.05, 3.63) is 71.8 Å². The summed E-state index contributed by atoms with van der Waals surface area (Å²) in [6.45, 7) is 3.90. The van der Waals surface area contributed by atoms with Crippen molar-refractivity contribution in [3.63, 3.8) is 0 Å². The molecule has 5 atom stereocenters. The maximum absolute atomic E-state index is 15.0. The summed E-state index contributed by atoms with van der Waals surface area (Å²) in [7, 11) is 0. The highest BCUT2D eigenvalue weighted by Gasteiger charge is 2.48. The van der Waals surface area contributed by atoms with Crippen LogP contribution < -0.4 is 0 Å². The first-order valence-electron chi connectivity index (χ1n) is 9.43. The fourth-order valence-corrected chi connectivity index (χ4v) is 4.09. The summed E-state index contributed by atoms with van der Waals surface area (Å²) in [6.07, 6.45) is -3.78. The number of benzene rings is 2. The molecule has 0 aromatic heterocycles. The Bertz CT molecular complexity index is 743. The largest absolute Gasteiger partial charge is 0.452 e. The zero-order chi connectivity index (χ0) is 19.9. The second-order valence-corrected chi connectivity index (χ2v) is 7.98. The van der Waals surface area contributed by atoms with Gasteiger partial charge in [-0.1, -0.05) is 55.5 Å². The number of hydrogen-bond acceptors (Lipinski definition) is 5. The molecule has 6 heteroatoms. The molecular weight excluding hydrogens is 379 g/mol. The SMILES string of the molecule is CCS[C@@H]1O[C@@H](C)[C@H](F)[C@@H](OCc2ccccc2)[C@H]1OC(=O)c1ccccc1. The molecule has 1 aliphatic rings. The Kier molecular flexibility index (Phi) is 7.48. The van der Waals surface area contributed by atoms with Gasteiger partial charge in [0.15, 0.2) is 12.3 Å². The summed E-state index contributed by atoms with van der Waals surface area (Å²) >= 11 is 1.48. The molecule has 28 heavy (non-hydrogen) atoms. The molecule has 150 valence electrons. The van der Waals surface area contributed by atoms with Gasteiger partial charge in [0.2, 0.25) is 0 Å². The zero-order valence-electron chi connectivity index (χ0n) is 16.0. The minimum atomic E-state index is -1.40. The second kappa shape index (κ2) is 10.0. The molecular formula is C22H25FO4S. The van der Waals surface area contributed by atoms with Gasteiger partial charge in [0, 0.05) is 0 Å². The van der Waals surface area contributed by atoms with Crippen LogP contribution in [0.25, 0.3) is 0 Å². The van der Waals surface area contributed by atoms with Crippen LogP contribution in [0.3, 0.4) is 0 Å². The van der Waals surface area contributed by atoms with Crippen molar-refractivity contribution in [3.8, 4) is 0 Å². The van der Waals surface area contributed by atoms with Crippen molar-refractivity contribution in [1.29, 1.82) is 0 Å². The average molecular weight is 405 g/mol. The Morgan fingerprint density at radius 1 is 1.07 bits per heavy atom. The van der Waals surface area contributed by atoms with Crippen LogP contribution in [-0.4, -0.2) is 41.6 Å². The third-order valence-electron chi connectivity index (χ3n) is 4.57. The molecule has 3 rings (SSSR count). The van der Waals surface area contributed by atoms with E-state index in [9.17, 15) is 4.79 Å². The van der Waals surface area contributed by atoms with Crippen LogP contribution >= 0.6 is 11.8 Å². The average Bonchev–Trinajstić information content (AvgIpc) is 2.73. The number of ether oxygens (including phenoxy) is 3. The van der Waals surface area contributed by atoms with Crippen LogP contribution in [0.4, 0.5) is 4.39 Å². The van der Waals surface area contributed by atoms with Crippen LogP contribution in [0, 0.1) is 0 Å². The van der Waals surface area contributed by atoms with Crippen LogP contribution in [0.15, 0.2) is 60.7 Å². The summed E-state index contributed by atoms with van der Waals surface area (Å²) in [6, 6.07) is 18.2. The highest BCUT2D eigenvalue weighted by atomic mass is 32.2. The smallest absolute Gasteiger partial charge is 0.338 e. The predicted octanol–water partition coefficient (Wildman–Crippen LogP) is 4.63. The van der Waals surface area contributed by atoms with Crippen LogP contribution in [0.1, 0.15) is 29.8 Å². The van der Waals surface area contributed by atoms with E-state index in [2.05, 4.69) is 0 Å². The van der Waals surface area contributed by atoms with E-state index in [1.165, 1.54) is 11.8 Å². The predicted molar refractivity (Wildman–Crippen MR) is 108 cm³/mol. The summed E-state index contributed by atoms with van der Waals surface area (Å²) in [5.41, 5.74) is 0.862. The van der Waals surface area contributed by atoms with E-state index in [1.54, 1.807) is 31.2 Å². The zero-order valence-corrected chi connectivity index (χ0v) is 16.8. The van der Waals surface area contributed by atoms with Gasteiger partial charge in [-0.3, -0.25) is 0 Å². The summed E-state index contributed by atoms with van der Waals surface area (Å²) in [5.74, 6) is 0.241. The lowest BCUT2D eigenvalue weighted by atomic mass is 10.0. The van der Waals surface area contributed by atoms with Crippen molar-refractivity contribution < 1.29 is 23.4 Å². The molecule has 0 spiro atoms. The van der Waals surface area contributed by atoms with Crippen LogP contribution in [-0.2, 0) is 20.8 Å². The van der Waals surface area contributed by atoms with Crippen LogP contribution in [0.5, 0.6) is 0 Å². The van der Waals surface area contributed by atoms with Gasteiger partial charge in [-0.2, -0.15) is 0 Å². The topological polar surface area (TPSA) is 44.8 Å². The van der Waals surface area contributed by atoms with Gasteiger partial charge in [-0.15, -0.1) is 11.8 Å². The Hall–Kier alpha value is -1.89. The standard InChI is InChI=1S/C22H25FO4S/c1-3-28-22-20(27-21(24)17-12-8-5-9-13-17)19(18(23)15(2)26-22)25-14-16-10-6-4-7-11-16/h4-13,15,18-20,22H,3,14H2,1-2H3/t15-,18-,19+,20+,22-/m0/s1. The number of esters is 1. The first-order valence-corrected chi connectivity index (χ1v) is 10.5. The van der Waals surface area contributed by atoms with Gasteiger partial charge < -0.3 is 14.2 Å². The number of alkyl halides is 1. The minimum Gasteiger partial charge on any atom is -0.452 e. The van der Waals surface area contributed by atoms with Gasteiger partial charge in [0.1, 0.15) is 11.5 Å². The van der Waals surface area contributed by atoms with E-state index in [0.29, 0.717) is 5.56 Å². The van der Waals surface area contributed by atoms with Crippen molar-refractivity contribution in [2.75, 3.05) is 5.75 Å². The highest BCUT2D eigenvalue weighted by molar-refractivity contribution is 7.99. The summed E-state index contributed by atoms with van der Waals surface area (Å²) < 4.78 is 32.5. The normalized spacial score (nSPS) is 27.3. The Balaban J connectivity index is 1.79. The van der Waals surface area contributed by atoms with Gasteiger partial charge in [-0.05, 0) is 30.4 Å². The van der Waals surface area contributed by atoms with Gasteiger partial charge in [0.25, 0.3) is 0 Å². The molecule has 1 fully saturated rings. The first-order chi connectivity index (χ1) is 13.6. The Morgan fingerprint density at radius 3 is 2.36 bits per heavy atom. The van der Waals surface area contributed by atoms with Gasteiger partial charge in [0.05, 0.1) is 18.3 Å². The van der Waals surface area contributed by atoms with E-state index >= 15 is 4.39 Å². The second-order valence-electron chi connectivity index (χ2n) is 6.61. The first kappa shape index (κ1) is 20.8. The van der Waals surface area contributed by atoms with Gasteiger partial charge in [-0.25, -0.2) is 9.18 Å². The molecule has 0 bridgehead atoms. The number of halogens is 1. The van der Waals surface area contributed by atoms with Crippen LogP contribution in [0.2, 0.25) is 0 Å². The van der Waals surface area contributed by atoms with E-state index in [1.807, 2.05) is 43.3 Å². The highest BCUT2D eigenvalue weighted by Crippen LogP contribution is 2.34. The molecule has 2 aromatic carbocycles. The Labute approximate surface area is 169 Å². The lowest BCUT2D eigenvalue weighted by Crippen LogP contribution is -2.56. The number of carbonyl (C=O) groups is 1. The molecule has 1 saturated heterocycles. The Morgan fingerprint density at radius 2 is 1.71 bits per heavy atom. The number of hydrogen-bond donors (Lipinski definition) is 0. The molecule has 1 heterocycles. The number of rotatable bonds is 7. The third kappa shape index (κ3) is 5.13. The lowest BCUT2D eigenvalue weighted by Gasteiger charge is -2.41. The monoisotopic (exact) mass is 404 g/mol. The van der Waals surface area contributed by atoms with E-state index in [-0.39, 0.29) is 6.61 Å². The van der Waals surface area contributed by atoms with E-state index < -0.39 is 35.9 Å². The van der Waals surface area contributed by atoms with Crippen molar-refractivity contribution >= 4 is 17.7 Å². The summed E-state index contributed by atoms with van der Waals surface area (Å²) in [4.78, 5) is 12.6. The lowest BCUT2D eigenvalue weighted by molar-refractivity contribution is -0.193.